The van der Waals surface area contributed by atoms with E-state index in [1.165, 1.54) is 51.4 Å². The summed E-state index contributed by atoms with van der Waals surface area (Å²) in [5.41, 5.74) is 0. The summed E-state index contributed by atoms with van der Waals surface area (Å²) in [6, 6.07) is 2.17. The Morgan fingerprint density at radius 3 is 1.11 bits per heavy atom. The van der Waals surface area contributed by atoms with Gasteiger partial charge in [0.1, 0.15) is 5.78 Å². The van der Waals surface area contributed by atoms with Gasteiger partial charge >= 0.3 is 17.1 Å². The van der Waals surface area contributed by atoms with E-state index in [1.54, 1.807) is 0 Å². The summed E-state index contributed by atoms with van der Waals surface area (Å²) in [6.07, 6.45) is 14.2. The number of unbranched alkanes of at least 4 members (excludes halogenated alkanes) is 8. The molecule has 0 spiro atoms. The predicted octanol–water partition coefficient (Wildman–Crippen LogP) is 8.80. The van der Waals surface area contributed by atoms with Crippen molar-refractivity contribution in [2.24, 2.45) is 11.8 Å². The largest absolute Gasteiger partial charge is 0.395 e. The first-order valence-electron chi connectivity index (χ1n) is 15.3. The van der Waals surface area contributed by atoms with Crippen molar-refractivity contribution in [3.05, 3.63) is 0 Å². The number of Topliss-reactive ketones (excluding diaryl/α,β-unsaturated/α-hetero) is 1. The van der Waals surface area contributed by atoms with Gasteiger partial charge in [0.2, 0.25) is 0 Å². The molecule has 0 aromatic heterocycles. The summed E-state index contributed by atoms with van der Waals surface area (Å²) in [4.78, 5) is 12.8. The average Bonchev–Trinajstić information content (AvgIpc) is 2.82. The number of hydrogen-bond donors (Lipinski definition) is 0. The topological polar surface area (TPSA) is 54.0 Å². The van der Waals surface area contributed by atoms with Gasteiger partial charge in [0, 0.05) is 38.3 Å². The fourth-order valence-electron chi connectivity index (χ4n) is 5.22. The second kappa shape index (κ2) is 21.8. The van der Waals surface area contributed by atoms with Crippen LogP contribution in [-0.4, -0.2) is 49.3 Å². The molecule has 0 bridgehead atoms. The number of rotatable bonds is 26. The maximum atomic E-state index is 12.8. The molecular formula is C29H62O5Si2. The zero-order chi connectivity index (χ0) is 27.3. The molecule has 0 N–H and O–H groups in total. The zero-order valence-electron chi connectivity index (χ0n) is 25.4. The highest BCUT2D eigenvalue weighted by Gasteiger charge is 2.30. The van der Waals surface area contributed by atoms with Crippen LogP contribution in [0.5, 0.6) is 0 Å². The third-order valence-corrected chi connectivity index (χ3v) is 13.4. The maximum Gasteiger partial charge on any atom is 0.334 e. The molecule has 5 nitrogen and oxygen atoms in total. The van der Waals surface area contributed by atoms with Gasteiger partial charge in [-0.3, -0.25) is 4.79 Å². The van der Waals surface area contributed by atoms with Gasteiger partial charge in [-0.05, 0) is 65.7 Å². The van der Waals surface area contributed by atoms with Gasteiger partial charge in [-0.2, -0.15) is 0 Å². The number of carbonyl (C=O) groups is 1. The first-order chi connectivity index (χ1) is 17.2. The molecule has 0 saturated heterocycles. The number of carbonyl (C=O) groups excluding carboxylic acids is 1. The highest BCUT2D eigenvalue weighted by atomic mass is 28.4. The molecule has 0 amide bonds. The Kier molecular flexibility index (Phi) is 21.8. The van der Waals surface area contributed by atoms with Crippen molar-refractivity contribution in [2.75, 3.05) is 26.4 Å². The highest BCUT2D eigenvalue weighted by molar-refractivity contribution is 6.66. The molecule has 2 atom stereocenters. The summed E-state index contributed by atoms with van der Waals surface area (Å²) in [5.74, 6) is 0.873. The van der Waals surface area contributed by atoms with Crippen LogP contribution in [0.15, 0.2) is 0 Å². The van der Waals surface area contributed by atoms with E-state index >= 15 is 0 Å². The Labute approximate surface area is 227 Å². The molecule has 7 heteroatoms. The molecule has 0 radical (unpaired) electrons. The van der Waals surface area contributed by atoms with Gasteiger partial charge in [0.05, 0.1) is 0 Å². The van der Waals surface area contributed by atoms with Crippen molar-refractivity contribution < 1.29 is 22.5 Å². The van der Waals surface area contributed by atoms with Crippen LogP contribution in [0.4, 0.5) is 0 Å². The zero-order valence-corrected chi connectivity index (χ0v) is 27.4. The molecule has 0 aliphatic heterocycles. The molecule has 0 aromatic rings. The molecule has 0 fully saturated rings. The molecule has 0 aliphatic carbocycles. The molecule has 2 unspecified atom stereocenters. The number of ketones is 1. The third kappa shape index (κ3) is 17.5. The van der Waals surface area contributed by atoms with E-state index in [4.69, 9.17) is 17.7 Å². The second-order valence-corrected chi connectivity index (χ2v) is 17.5. The summed E-state index contributed by atoms with van der Waals surface area (Å²) in [7, 11) is -3.90. The van der Waals surface area contributed by atoms with Crippen molar-refractivity contribution in [1.82, 2.24) is 0 Å². The minimum atomic E-state index is -1.95. The standard InChI is InChI=1S/C29H62O5Si2/c1-9-31-35(7,32-10-2)25-21-17-13-15-19-23-27(5)29(30)28(6)24-20-16-14-18-22-26-36(8,33-11-3)34-12-4/h27-28H,9-26H2,1-8H3. The van der Waals surface area contributed by atoms with E-state index in [2.05, 4.69) is 54.6 Å². The average molecular weight is 547 g/mol. The third-order valence-electron chi connectivity index (χ3n) is 7.31. The fraction of sp³-hybridized carbons (Fsp3) is 0.966. The smallest absolute Gasteiger partial charge is 0.334 e. The van der Waals surface area contributed by atoms with E-state index in [-0.39, 0.29) is 11.8 Å². The Morgan fingerprint density at radius 2 is 0.806 bits per heavy atom. The molecule has 0 aromatic carbocycles. The minimum absolute atomic E-state index is 0.200. The van der Waals surface area contributed by atoms with Crippen molar-refractivity contribution in [3.8, 4) is 0 Å². The quantitative estimate of drug-likeness (QED) is 0.0801. The van der Waals surface area contributed by atoms with E-state index < -0.39 is 17.1 Å². The van der Waals surface area contributed by atoms with Crippen molar-refractivity contribution in [3.63, 3.8) is 0 Å². The lowest BCUT2D eigenvalue weighted by Crippen LogP contribution is -2.38. The Morgan fingerprint density at radius 1 is 0.528 bits per heavy atom. The summed E-state index contributed by atoms with van der Waals surface area (Å²) >= 11 is 0. The van der Waals surface area contributed by atoms with Gasteiger partial charge in [-0.25, -0.2) is 0 Å². The first kappa shape index (κ1) is 35.9. The van der Waals surface area contributed by atoms with Crippen LogP contribution in [0, 0.1) is 11.8 Å². The second-order valence-electron chi connectivity index (χ2n) is 10.8. The lowest BCUT2D eigenvalue weighted by molar-refractivity contribution is -0.126. The van der Waals surface area contributed by atoms with Crippen LogP contribution >= 0.6 is 0 Å². The Balaban J connectivity index is 3.88. The Bertz CT molecular complexity index is 476. The molecule has 0 rings (SSSR count). The molecule has 0 heterocycles. The van der Waals surface area contributed by atoms with Gasteiger partial charge in [0.25, 0.3) is 0 Å². The molecule has 36 heavy (non-hydrogen) atoms. The normalized spacial score (nSPS) is 14.2. The van der Waals surface area contributed by atoms with Crippen LogP contribution in [-0.2, 0) is 22.5 Å². The molecular weight excluding hydrogens is 484 g/mol. The first-order valence-corrected chi connectivity index (χ1v) is 20.3. The highest BCUT2D eigenvalue weighted by Crippen LogP contribution is 2.23. The van der Waals surface area contributed by atoms with Gasteiger partial charge in [0.15, 0.2) is 0 Å². The predicted molar refractivity (Wildman–Crippen MR) is 158 cm³/mol. The molecule has 0 aliphatic rings. The van der Waals surface area contributed by atoms with Gasteiger partial charge in [-0.1, -0.05) is 78.1 Å². The Hall–Kier alpha value is -0.0562. The fourth-order valence-corrected chi connectivity index (χ4v) is 10.2. The summed E-state index contributed by atoms with van der Waals surface area (Å²) < 4.78 is 23.7. The van der Waals surface area contributed by atoms with Crippen LogP contribution in [0.2, 0.25) is 25.2 Å². The van der Waals surface area contributed by atoms with Crippen LogP contribution in [0.25, 0.3) is 0 Å². The van der Waals surface area contributed by atoms with Gasteiger partial charge < -0.3 is 17.7 Å². The van der Waals surface area contributed by atoms with Gasteiger partial charge in [-0.15, -0.1) is 0 Å². The SMILES string of the molecule is CCO[Si](C)(CCCCCCCC(C)C(=O)C(C)CCCCCCC[Si](C)(OCC)OCC)OCC. The van der Waals surface area contributed by atoms with Crippen LogP contribution < -0.4 is 0 Å². The van der Waals surface area contributed by atoms with Crippen molar-refractivity contribution >= 4 is 22.9 Å². The molecule has 0 saturated carbocycles. The van der Waals surface area contributed by atoms with Crippen LogP contribution in [0.3, 0.4) is 0 Å². The summed E-state index contributed by atoms with van der Waals surface area (Å²) in [5, 5.41) is 0. The lowest BCUT2D eigenvalue weighted by atomic mass is 9.88. The van der Waals surface area contributed by atoms with E-state index in [0.29, 0.717) is 5.78 Å². The monoisotopic (exact) mass is 546 g/mol. The minimum Gasteiger partial charge on any atom is -0.395 e. The van der Waals surface area contributed by atoms with Crippen molar-refractivity contribution in [1.29, 1.82) is 0 Å². The lowest BCUT2D eigenvalue weighted by Gasteiger charge is -2.25. The number of hydrogen-bond acceptors (Lipinski definition) is 5. The van der Waals surface area contributed by atoms with Crippen molar-refractivity contribution in [2.45, 2.75) is 144 Å². The van der Waals surface area contributed by atoms with E-state index in [0.717, 1.165) is 64.2 Å². The van der Waals surface area contributed by atoms with E-state index in [1.807, 2.05) is 0 Å². The van der Waals surface area contributed by atoms with E-state index in [9.17, 15) is 4.79 Å². The van der Waals surface area contributed by atoms with Crippen LogP contribution in [0.1, 0.15) is 119 Å². The maximum absolute atomic E-state index is 12.8. The molecule has 216 valence electrons. The summed E-state index contributed by atoms with van der Waals surface area (Å²) in [6.45, 7) is 19.9.